The molecule has 0 aliphatic heterocycles. The van der Waals surface area contributed by atoms with Gasteiger partial charge in [-0.15, -0.1) is 0 Å². The zero-order valence-corrected chi connectivity index (χ0v) is 9.20. The van der Waals surface area contributed by atoms with E-state index < -0.39 is 0 Å². The van der Waals surface area contributed by atoms with Gasteiger partial charge in [0.1, 0.15) is 0 Å². The topological polar surface area (TPSA) is 35.6 Å². The van der Waals surface area contributed by atoms with Crippen LogP contribution in [0.3, 0.4) is 0 Å². The fraction of sp³-hybridized carbons (Fsp3) is 0.250. The van der Waals surface area contributed by atoms with Crippen molar-refractivity contribution < 1.29 is 21.2 Å². The number of rotatable bonds is 4. The van der Waals surface area contributed by atoms with Crippen LogP contribution >= 0.6 is 0 Å². The van der Waals surface area contributed by atoms with Gasteiger partial charge >= 0.3 is 86.9 Å². The summed E-state index contributed by atoms with van der Waals surface area (Å²) in [5.41, 5.74) is 0. The van der Waals surface area contributed by atoms with Gasteiger partial charge in [-0.25, -0.2) is 0 Å². The van der Waals surface area contributed by atoms with E-state index in [2.05, 4.69) is 19.1 Å². The molecule has 0 aromatic carbocycles. The Kier molecular flexibility index (Phi) is 2.96. The van der Waals surface area contributed by atoms with E-state index in [4.69, 9.17) is 0 Å². The molecule has 4 nitrogen and oxygen atoms in total. The van der Waals surface area contributed by atoms with Gasteiger partial charge in [-0.3, -0.25) is 0 Å². The predicted molar refractivity (Wildman–Crippen MR) is 44.5 cm³/mol. The maximum absolute atomic E-state index is 4.00. The van der Waals surface area contributed by atoms with Crippen molar-refractivity contribution in [1.29, 1.82) is 0 Å². The second kappa shape index (κ2) is 4.40. The second-order valence-electron chi connectivity index (χ2n) is 2.58. The van der Waals surface area contributed by atoms with Gasteiger partial charge in [0.15, 0.2) is 0 Å². The molecule has 0 aliphatic rings. The Morgan fingerprint density at radius 2 is 1.46 bits per heavy atom. The van der Waals surface area contributed by atoms with Gasteiger partial charge in [0.05, 0.1) is 0 Å². The molecule has 5 heteroatoms. The summed E-state index contributed by atoms with van der Waals surface area (Å²) in [6.45, 7) is 0. The van der Waals surface area contributed by atoms with Crippen LogP contribution in [0.4, 0.5) is 0 Å². The van der Waals surface area contributed by atoms with Gasteiger partial charge in [-0.05, 0) is 0 Å². The first-order chi connectivity index (χ1) is 6.45. The summed E-state index contributed by atoms with van der Waals surface area (Å²) in [4.78, 5) is 8.00. The average Bonchev–Trinajstić information content (AvgIpc) is 2.75. The van der Waals surface area contributed by atoms with Gasteiger partial charge in [-0.1, -0.05) is 0 Å². The van der Waals surface area contributed by atoms with E-state index >= 15 is 0 Å². The Hall–Kier alpha value is -0.850. The molecule has 0 spiro atoms. The molecule has 0 bridgehead atoms. The van der Waals surface area contributed by atoms with Gasteiger partial charge in [0.25, 0.3) is 0 Å². The third-order valence-corrected chi connectivity index (χ3v) is 4.10. The number of hydrogen-bond acceptors (Lipinski definition) is 2. The minimum atomic E-state index is 0.166. The van der Waals surface area contributed by atoms with Crippen LogP contribution in [-0.4, -0.2) is 19.1 Å². The number of halogens is 1. The molecular formula is C8H10IN4-. The van der Waals surface area contributed by atoms with E-state index in [1.807, 2.05) is 37.4 Å². The summed E-state index contributed by atoms with van der Waals surface area (Å²) in [6.07, 6.45) is 11.4. The minimum absolute atomic E-state index is 0.166. The molecule has 0 atom stereocenters. The maximum atomic E-state index is 4.00. The molecule has 0 unspecified atom stereocenters. The predicted octanol–water partition coefficient (Wildman–Crippen LogP) is -2.22. The van der Waals surface area contributed by atoms with E-state index in [0.29, 0.717) is 0 Å². The van der Waals surface area contributed by atoms with Crippen molar-refractivity contribution in [1.82, 2.24) is 19.1 Å². The van der Waals surface area contributed by atoms with E-state index in [-0.39, 0.29) is 21.2 Å². The van der Waals surface area contributed by atoms with Crippen LogP contribution in [0.25, 0.3) is 0 Å². The Morgan fingerprint density at radius 3 is 1.85 bits per heavy atom. The monoisotopic (exact) mass is 289 g/mol. The van der Waals surface area contributed by atoms with Crippen molar-refractivity contribution in [3.63, 3.8) is 0 Å². The number of hydrogen-bond donors (Lipinski definition) is 0. The summed E-state index contributed by atoms with van der Waals surface area (Å²) in [7, 11) is 0. The molecule has 2 aromatic rings. The van der Waals surface area contributed by atoms with Crippen molar-refractivity contribution in [2.24, 2.45) is 0 Å². The third kappa shape index (κ3) is 2.55. The van der Waals surface area contributed by atoms with Crippen LogP contribution in [-0.2, 0) is 9.10 Å². The summed E-state index contributed by atoms with van der Waals surface area (Å²) in [5, 5.41) is 0. The molecule has 0 radical (unpaired) electrons. The first-order valence-corrected chi connectivity index (χ1v) is 6.95. The first-order valence-electron chi connectivity index (χ1n) is 3.90. The fourth-order valence-electron chi connectivity index (χ4n) is 0.948. The van der Waals surface area contributed by atoms with Gasteiger partial charge < -0.3 is 0 Å². The summed E-state index contributed by atoms with van der Waals surface area (Å²) in [6, 6.07) is 0. The Balaban J connectivity index is 1.76. The molecule has 0 fully saturated rings. The molecule has 0 N–H and O–H groups in total. The molecular weight excluding hydrogens is 279 g/mol. The Morgan fingerprint density at radius 1 is 0.923 bits per heavy atom. The summed E-state index contributed by atoms with van der Waals surface area (Å²) < 4.78 is 6.50. The van der Waals surface area contributed by atoms with Crippen molar-refractivity contribution in [2.75, 3.05) is 0 Å². The van der Waals surface area contributed by atoms with Crippen LogP contribution < -0.4 is 21.2 Å². The molecule has 2 aromatic heterocycles. The standard InChI is InChI=1S/C8H10IN4/c1-3-12(7-10-1)5-9-6-13-4-2-11-8-13/h1-4,7-8H,5-6H2/q-1. The van der Waals surface area contributed by atoms with E-state index in [1.54, 1.807) is 0 Å². The molecule has 2 rings (SSSR count). The number of alkyl halides is 2. The molecule has 0 aliphatic carbocycles. The molecule has 70 valence electrons. The Bertz CT molecular complexity index is 293. The van der Waals surface area contributed by atoms with E-state index in [9.17, 15) is 0 Å². The van der Waals surface area contributed by atoms with Crippen LogP contribution in [0.5, 0.6) is 0 Å². The number of nitrogens with zero attached hydrogens (tertiary/aromatic N) is 4. The van der Waals surface area contributed by atoms with Gasteiger partial charge in [-0.2, -0.15) is 0 Å². The van der Waals surface area contributed by atoms with Crippen LogP contribution in [0.1, 0.15) is 0 Å². The number of aromatic nitrogens is 4. The van der Waals surface area contributed by atoms with Gasteiger partial charge in [0, 0.05) is 0 Å². The van der Waals surface area contributed by atoms with Crippen molar-refractivity contribution in [3.05, 3.63) is 37.4 Å². The summed E-state index contributed by atoms with van der Waals surface area (Å²) >= 11 is 0.166. The second-order valence-corrected chi connectivity index (χ2v) is 5.03. The molecule has 0 saturated carbocycles. The molecule has 0 amide bonds. The molecule has 0 saturated heterocycles. The zero-order chi connectivity index (χ0) is 8.93. The zero-order valence-electron chi connectivity index (χ0n) is 7.05. The van der Waals surface area contributed by atoms with E-state index in [0.717, 1.165) is 9.10 Å². The Labute approximate surface area is 86.9 Å². The van der Waals surface area contributed by atoms with Crippen LogP contribution in [0.2, 0.25) is 0 Å². The van der Waals surface area contributed by atoms with Crippen molar-refractivity contribution >= 4 is 0 Å². The van der Waals surface area contributed by atoms with E-state index in [1.165, 1.54) is 0 Å². The third-order valence-electron chi connectivity index (χ3n) is 1.56. The van der Waals surface area contributed by atoms with Crippen LogP contribution in [0, 0.1) is 0 Å². The quantitative estimate of drug-likeness (QED) is 0.472. The van der Waals surface area contributed by atoms with Crippen molar-refractivity contribution in [3.8, 4) is 0 Å². The molecule has 2 heterocycles. The van der Waals surface area contributed by atoms with Gasteiger partial charge in [0.2, 0.25) is 0 Å². The number of imidazole rings is 2. The first kappa shape index (κ1) is 8.74. The summed E-state index contributed by atoms with van der Waals surface area (Å²) in [5.74, 6) is 0. The normalized spacial score (nSPS) is 10.8. The van der Waals surface area contributed by atoms with Crippen LogP contribution in [0.15, 0.2) is 37.4 Å². The SMILES string of the molecule is c1cn(C[I-]Cn2ccnc2)cn1. The molecule has 13 heavy (non-hydrogen) atoms. The fourth-order valence-corrected chi connectivity index (χ4v) is 3.08. The average molecular weight is 289 g/mol. The van der Waals surface area contributed by atoms with Crippen molar-refractivity contribution in [2.45, 2.75) is 9.10 Å².